The summed E-state index contributed by atoms with van der Waals surface area (Å²) in [5.41, 5.74) is -1.96. The summed E-state index contributed by atoms with van der Waals surface area (Å²) in [7, 11) is -4.18. The molecule has 0 amide bonds. The minimum absolute atomic E-state index is 0.0439. The number of rotatable bonds is 10. The molecule has 2 saturated heterocycles. The van der Waals surface area contributed by atoms with E-state index in [-0.39, 0.29) is 16.6 Å². The number of hydrogen-bond donors (Lipinski definition) is 3. The first-order valence-corrected chi connectivity index (χ1v) is 13.2. The normalized spacial score (nSPS) is 29.3. The molecule has 4 rings (SSSR count). The number of aliphatic hydroxyl groups is 1. The molecule has 1 aromatic carbocycles. The average molecular weight is 542 g/mol. The molecule has 0 bridgehead atoms. The Labute approximate surface area is 212 Å². The van der Waals surface area contributed by atoms with Gasteiger partial charge in [0.25, 0.3) is 5.56 Å². The summed E-state index contributed by atoms with van der Waals surface area (Å²) in [6.45, 7) is 5.93. The van der Waals surface area contributed by atoms with Crippen LogP contribution in [0.4, 0.5) is 0 Å². The van der Waals surface area contributed by atoms with E-state index in [0.29, 0.717) is 0 Å². The molecule has 36 heavy (non-hydrogen) atoms. The van der Waals surface area contributed by atoms with E-state index >= 15 is 0 Å². The number of para-hydroxylation sites is 1. The van der Waals surface area contributed by atoms with Crippen LogP contribution in [0.15, 0.2) is 47.4 Å². The molecule has 2 aliphatic heterocycles. The molecule has 6 atom stereocenters. The third-order valence-corrected chi connectivity index (χ3v) is 7.50. The van der Waals surface area contributed by atoms with E-state index in [0.717, 1.165) is 0 Å². The van der Waals surface area contributed by atoms with E-state index in [1.54, 1.807) is 44.2 Å². The fourth-order valence-electron chi connectivity index (χ4n) is 3.86. The number of carbonyl (C=O) groups is 1. The number of aromatic nitrogens is 2. The highest BCUT2D eigenvalue weighted by molar-refractivity contribution is 7.71. The Kier molecular flexibility index (Phi) is 7.28. The molecule has 12 nitrogen and oxygen atoms in total. The fourth-order valence-corrected chi connectivity index (χ4v) is 5.63. The molecule has 2 fully saturated rings. The Morgan fingerprint density at radius 2 is 1.97 bits per heavy atom. The standard InChI is InChI=1S/C22H28N3O9PS/c1-13(2)31-17(27)14(3)24-35(29,34-15-8-6-5-7-9-15)30-12-22-18(32-22)21(4,28)19(33-22)25-11-10-16(26)23-20(25)36/h5-11,13-14,18-19,28H,12H2,1-4H3,(H,24,29)(H,23,26,36)/t14-,18+,19+,21?,22?,35-/m0/s1. The molecule has 3 heterocycles. The monoisotopic (exact) mass is 541 g/mol. The number of H-pyrrole nitrogens is 1. The molecule has 2 unspecified atom stereocenters. The second-order valence-electron chi connectivity index (χ2n) is 9.03. The number of aromatic amines is 1. The number of nitrogens with one attached hydrogen (secondary N) is 2. The molecule has 0 radical (unpaired) electrons. The van der Waals surface area contributed by atoms with Crippen LogP contribution in [0.25, 0.3) is 0 Å². The van der Waals surface area contributed by atoms with E-state index in [2.05, 4.69) is 10.1 Å². The van der Waals surface area contributed by atoms with Crippen LogP contribution in [0.5, 0.6) is 5.75 Å². The van der Waals surface area contributed by atoms with Crippen LogP contribution in [0, 0.1) is 4.77 Å². The third-order valence-electron chi connectivity index (χ3n) is 5.57. The van der Waals surface area contributed by atoms with Gasteiger partial charge in [-0.25, -0.2) is 4.57 Å². The molecule has 2 aliphatic rings. The van der Waals surface area contributed by atoms with Crippen molar-refractivity contribution in [2.45, 2.75) is 63.6 Å². The van der Waals surface area contributed by atoms with Crippen LogP contribution in [0.1, 0.15) is 33.9 Å². The van der Waals surface area contributed by atoms with Gasteiger partial charge in [-0.1, -0.05) is 18.2 Å². The second kappa shape index (κ2) is 9.82. The van der Waals surface area contributed by atoms with Crippen molar-refractivity contribution in [1.29, 1.82) is 0 Å². The summed E-state index contributed by atoms with van der Waals surface area (Å²) in [5.74, 6) is -1.87. The van der Waals surface area contributed by atoms with Gasteiger partial charge in [-0.15, -0.1) is 0 Å². The molecular weight excluding hydrogens is 513 g/mol. The van der Waals surface area contributed by atoms with Crippen molar-refractivity contribution in [3.8, 4) is 5.75 Å². The van der Waals surface area contributed by atoms with Crippen molar-refractivity contribution in [1.82, 2.24) is 14.6 Å². The van der Waals surface area contributed by atoms with Crippen LogP contribution >= 0.6 is 20.0 Å². The van der Waals surface area contributed by atoms with Crippen LogP contribution in [0.2, 0.25) is 0 Å². The number of ether oxygens (including phenoxy) is 3. The Bertz CT molecular complexity index is 1280. The summed E-state index contributed by atoms with van der Waals surface area (Å²) in [6, 6.07) is 8.49. The van der Waals surface area contributed by atoms with Gasteiger partial charge in [0, 0.05) is 12.3 Å². The van der Waals surface area contributed by atoms with Gasteiger partial charge in [0.2, 0.25) is 5.79 Å². The lowest BCUT2D eigenvalue weighted by Crippen LogP contribution is -2.39. The van der Waals surface area contributed by atoms with Gasteiger partial charge >= 0.3 is 13.7 Å². The van der Waals surface area contributed by atoms with E-state index in [1.807, 2.05) is 0 Å². The lowest BCUT2D eigenvalue weighted by atomic mass is 10.00. The van der Waals surface area contributed by atoms with Gasteiger partial charge in [0.15, 0.2) is 17.1 Å². The number of hydrogen-bond acceptors (Lipinski definition) is 10. The molecule has 3 N–H and O–H groups in total. The summed E-state index contributed by atoms with van der Waals surface area (Å²) in [5, 5.41) is 13.7. The van der Waals surface area contributed by atoms with Crippen LogP contribution in [-0.4, -0.2) is 56.9 Å². The van der Waals surface area contributed by atoms with E-state index in [4.69, 9.17) is 35.5 Å². The van der Waals surface area contributed by atoms with Gasteiger partial charge in [0.05, 0.1) is 6.10 Å². The van der Waals surface area contributed by atoms with E-state index in [9.17, 15) is 19.3 Å². The third kappa shape index (κ3) is 5.47. The summed E-state index contributed by atoms with van der Waals surface area (Å²) < 4.78 is 43.2. The molecule has 0 aliphatic carbocycles. The highest BCUT2D eigenvalue weighted by atomic mass is 32.1. The summed E-state index contributed by atoms with van der Waals surface area (Å²) in [4.78, 5) is 26.3. The number of fused-ring (bicyclic) bond motifs is 1. The smallest absolute Gasteiger partial charge is 0.459 e. The fraction of sp³-hybridized carbons (Fsp3) is 0.500. The SMILES string of the molecule is CC(C)OC(=O)[C@H](C)N[P@](=O)(OCC12O[C@@H](n3ccc(=O)[nH]c3=S)C(C)(O)[C@H]1O2)Oc1ccccc1. The minimum Gasteiger partial charge on any atom is -0.462 e. The maximum absolute atomic E-state index is 13.7. The molecular formula is C22H28N3O9PS. The van der Waals surface area contributed by atoms with Crippen molar-refractivity contribution >= 4 is 25.9 Å². The number of esters is 1. The predicted molar refractivity (Wildman–Crippen MR) is 129 cm³/mol. The van der Waals surface area contributed by atoms with E-state index < -0.39 is 55.6 Å². The molecule has 14 heteroatoms. The van der Waals surface area contributed by atoms with Crippen LogP contribution in [-0.2, 0) is 28.1 Å². The van der Waals surface area contributed by atoms with E-state index in [1.165, 1.54) is 30.7 Å². The van der Waals surface area contributed by atoms with Gasteiger partial charge < -0.3 is 23.8 Å². The van der Waals surface area contributed by atoms with Gasteiger partial charge in [-0.05, 0) is 52.0 Å². The first-order chi connectivity index (χ1) is 16.9. The van der Waals surface area contributed by atoms with Crippen molar-refractivity contribution < 1.29 is 37.7 Å². The number of benzene rings is 1. The average Bonchev–Trinajstić information content (AvgIpc) is 3.47. The molecule has 0 spiro atoms. The Morgan fingerprint density at radius 3 is 2.61 bits per heavy atom. The molecule has 196 valence electrons. The highest BCUT2D eigenvalue weighted by Gasteiger charge is 2.76. The zero-order chi connectivity index (χ0) is 26.3. The lowest BCUT2D eigenvalue weighted by molar-refractivity contribution is -0.191. The van der Waals surface area contributed by atoms with Gasteiger partial charge in [-0.3, -0.25) is 23.7 Å². The van der Waals surface area contributed by atoms with Gasteiger partial charge in [0.1, 0.15) is 24.0 Å². The van der Waals surface area contributed by atoms with Crippen LogP contribution in [0.3, 0.4) is 0 Å². The Morgan fingerprint density at radius 1 is 1.28 bits per heavy atom. The second-order valence-corrected chi connectivity index (χ2v) is 11.1. The van der Waals surface area contributed by atoms with Crippen molar-refractivity contribution in [3.05, 3.63) is 57.7 Å². The summed E-state index contributed by atoms with van der Waals surface area (Å²) in [6.07, 6.45) is -0.849. The topological polar surface area (TPSA) is 154 Å². The van der Waals surface area contributed by atoms with Crippen molar-refractivity contribution in [2.24, 2.45) is 0 Å². The first kappa shape index (κ1) is 26.7. The Hall–Kier alpha value is -2.38. The zero-order valence-electron chi connectivity index (χ0n) is 20.1. The lowest BCUT2D eigenvalue weighted by Gasteiger charge is -2.29. The maximum Gasteiger partial charge on any atom is 0.459 e. The molecule has 1 aromatic heterocycles. The number of carbonyl (C=O) groups excluding carboxylic acids is 1. The quantitative estimate of drug-likeness (QED) is 0.176. The van der Waals surface area contributed by atoms with Crippen LogP contribution < -0.4 is 15.2 Å². The number of nitrogens with zero attached hydrogens (tertiary/aromatic N) is 1. The molecule has 0 saturated carbocycles. The van der Waals surface area contributed by atoms with Crippen molar-refractivity contribution in [3.63, 3.8) is 0 Å². The largest absolute Gasteiger partial charge is 0.462 e. The maximum atomic E-state index is 13.7. The molecule has 2 aromatic rings. The Balaban J connectivity index is 1.53. The van der Waals surface area contributed by atoms with Crippen molar-refractivity contribution in [2.75, 3.05) is 6.61 Å². The minimum atomic E-state index is -4.18. The summed E-state index contributed by atoms with van der Waals surface area (Å²) >= 11 is 5.19. The first-order valence-electron chi connectivity index (χ1n) is 11.2. The van der Waals surface area contributed by atoms with Gasteiger partial charge in [-0.2, -0.15) is 5.09 Å². The number of epoxide rings is 1. The zero-order valence-corrected chi connectivity index (χ0v) is 21.8. The predicted octanol–water partition coefficient (Wildman–Crippen LogP) is 2.41. The highest BCUT2D eigenvalue weighted by Crippen LogP contribution is 2.59.